The number of hydrogen-bond acceptors (Lipinski definition) is 4. The molecule has 0 bridgehead atoms. The lowest BCUT2D eigenvalue weighted by Gasteiger charge is -2.05. The number of ether oxygens (including phenoxy) is 2. The van der Waals surface area contributed by atoms with E-state index in [1.54, 1.807) is 0 Å². The second kappa shape index (κ2) is 18.0. The van der Waals surface area contributed by atoms with Crippen LogP contribution in [-0.4, -0.2) is 25.2 Å². The highest BCUT2D eigenvalue weighted by molar-refractivity contribution is 5.69. The molecule has 0 saturated heterocycles. The van der Waals surface area contributed by atoms with Crippen LogP contribution in [-0.2, 0) is 19.1 Å². The Labute approximate surface area is 176 Å². The highest BCUT2D eigenvalue weighted by atomic mass is 16.5. The van der Waals surface area contributed by atoms with E-state index in [0.717, 1.165) is 56.9 Å². The maximum absolute atomic E-state index is 11.7. The van der Waals surface area contributed by atoms with Crippen LogP contribution in [0, 0.1) is 0 Å². The van der Waals surface area contributed by atoms with E-state index < -0.39 is 0 Å². The molecule has 0 fully saturated rings. The fraction of sp³-hybridized carbons (Fsp3) is 0.600. The Morgan fingerprint density at radius 3 is 2.00 bits per heavy atom. The van der Waals surface area contributed by atoms with E-state index in [1.807, 2.05) is 42.5 Å². The van der Waals surface area contributed by atoms with Crippen LogP contribution in [0.15, 0.2) is 36.4 Å². The molecule has 0 aliphatic heterocycles. The number of rotatable bonds is 17. The SMILES string of the molecule is CCCCCCOC(=O)CCCCCCCCC(=O)OC/C=C/c1ccccc1. The molecule has 4 nitrogen and oxygen atoms in total. The Kier molecular flexibility index (Phi) is 15.4. The molecule has 1 aromatic rings. The van der Waals surface area contributed by atoms with E-state index in [9.17, 15) is 9.59 Å². The molecule has 0 aromatic heterocycles. The molecule has 4 heteroatoms. The van der Waals surface area contributed by atoms with Gasteiger partial charge in [0.15, 0.2) is 0 Å². The van der Waals surface area contributed by atoms with Gasteiger partial charge in [0.05, 0.1) is 6.61 Å². The maximum atomic E-state index is 11.7. The standard InChI is InChI=1S/C25H38O4/c1-2-3-4-14-21-28-24(26)19-12-7-5-6-8-13-20-25(27)29-22-15-18-23-16-10-9-11-17-23/h9-11,15-18H,2-8,12-14,19-22H2,1H3/b18-15+. The average Bonchev–Trinajstić information content (AvgIpc) is 2.73. The van der Waals surface area contributed by atoms with Crippen molar-refractivity contribution in [3.05, 3.63) is 42.0 Å². The molecule has 0 heterocycles. The average molecular weight is 403 g/mol. The molecule has 0 saturated carbocycles. The summed E-state index contributed by atoms with van der Waals surface area (Å²) in [7, 11) is 0. The third kappa shape index (κ3) is 15.5. The number of unbranched alkanes of at least 4 members (excludes halogenated alkanes) is 8. The molecule has 0 spiro atoms. The maximum Gasteiger partial charge on any atom is 0.306 e. The first kappa shape index (κ1) is 24.9. The molecule has 0 N–H and O–H groups in total. The van der Waals surface area contributed by atoms with Crippen LogP contribution in [0.25, 0.3) is 6.08 Å². The lowest BCUT2D eigenvalue weighted by Crippen LogP contribution is -2.05. The largest absolute Gasteiger partial charge is 0.466 e. The third-order valence-corrected chi connectivity index (χ3v) is 4.72. The van der Waals surface area contributed by atoms with E-state index >= 15 is 0 Å². The summed E-state index contributed by atoms with van der Waals surface area (Å²) < 4.78 is 10.4. The van der Waals surface area contributed by atoms with Crippen LogP contribution in [0.4, 0.5) is 0 Å². The molecule has 0 atom stereocenters. The Balaban J connectivity index is 1.87. The Morgan fingerprint density at radius 2 is 1.34 bits per heavy atom. The van der Waals surface area contributed by atoms with Gasteiger partial charge in [0.2, 0.25) is 0 Å². The molecular formula is C25H38O4. The van der Waals surface area contributed by atoms with Crippen LogP contribution in [0.2, 0.25) is 0 Å². The van der Waals surface area contributed by atoms with Crippen molar-refractivity contribution >= 4 is 18.0 Å². The molecular weight excluding hydrogens is 364 g/mol. The Hall–Kier alpha value is -2.10. The monoisotopic (exact) mass is 402 g/mol. The minimum Gasteiger partial charge on any atom is -0.466 e. The van der Waals surface area contributed by atoms with Gasteiger partial charge in [-0.3, -0.25) is 9.59 Å². The van der Waals surface area contributed by atoms with Gasteiger partial charge in [-0.1, -0.05) is 88.3 Å². The molecule has 0 unspecified atom stereocenters. The molecule has 162 valence electrons. The number of benzene rings is 1. The van der Waals surface area contributed by atoms with Crippen LogP contribution in [0.3, 0.4) is 0 Å². The smallest absolute Gasteiger partial charge is 0.306 e. The lowest BCUT2D eigenvalue weighted by atomic mass is 10.1. The van der Waals surface area contributed by atoms with Crippen molar-refractivity contribution in [1.82, 2.24) is 0 Å². The number of carbonyl (C=O) groups excluding carboxylic acids is 2. The summed E-state index contributed by atoms with van der Waals surface area (Å²) in [6.45, 7) is 3.06. The summed E-state index contributed by atoms with van der Waals surface area (Å²) in [6, 6.07) is 9.95. The lowest BCUT2D eigenvalue weighted by molar-refractivity contribution is -0.144. The van der Waals surface area contributed by atoms with Crippen molar-refractivity contribution < 1.29 is 19.1 Å². The molecule has 1 aromatic carbocycles. The second-order valence-electron chi connectivity index (χ2n) is 7.40. The van der Waals surface area contributed by atoms with Gasteiger partial charge in [0.1, 0.15) is 6.61 Å². The topological polar surface area (TPSA) is 52.6 Å². The first-order chi connectivity index (χ1) is 14.2. The van der Waals surface area contributed by atoms with Crippen molar-refractivity contribution in [2.45, 2.75) is 84.0 Å². The predicted octanol–water partition coefficient (Wildman–Crippen LogP) is 6.49. The van der Waals surface area contributed by atoms with Crippen molar-refractivity contribution in [3.8, 4) is 0 Å². The first-order valence-electron chi connectivity index (χ1n) is 11.2. The second-order valence-corrected chi connectivity index (χ2v) is 7.40. The normalized spacial score (nSPS) is 10.9. The summed E-state index contributed by atoms with van der Waals surface area (Å²) in [5.74, 6) is -0.199. The molecule has 0 aliphatic carbocycles. The molecule has 0 aliphatic rings. The summed E-state index contributed by atoms with van der Waals surface area (Å²) in [5, 5.41) is 0. The third-order valence-electron chi connectivity index (χ3n) is 4.72. The van der Waals surface area contributed by atoms with Gasteiger partial charge in [-0.05, 0) is 30.9 Å². The van der Waals surface area contributed by atoms with Gasteiger partial charge in [-0.2, -0.15) is 0 Å². The van der Waals surface area contributed by atoms with E-state index in [2.05, 4.69) is 6.92 Å². The predicted molar refractivity (Wildman–Crippen MR) is 118 cm³/mol. The zero-order valence-electron chi connectivity index (χ0n) is 18.1. The van der Waals surface area contributed by atoms with E-state index in [0.29, 0.717) is 26.1 Å². The minimum atomic E-state index is -0.135. The van der Waals surface area contributed by atoms with E-state index in [1.165, 1.54) is 12.8 Å². The zero-order chi connectivity index (χ0) is 21.0. The minimum absolute atomic E-state index is 0.0643. The fourth-order valence-electron chi connectivity index (χ4n) is 2.99. The Bertz CT molecular complexity index is 565. The Morgan fingerprint density at radius 1 is 0.759 bits per heavy atom. The molecule has 1 rings (SSSR count). The van der Waals surface area contributed by atoms with Crippen molar-refractivity contribution in [2.75, 3.05) is 13.2 Å². The van der Waals surface area contributed by atoms with Crippen molar-refractivity contribution in [2.24, 2.45) is 0 Å². The van der Waals surface area contributed by atoms with Gasteiger partial charge in [-0.15, -0.1) is 0 Å². The zero-order valence-corrected chi connectivity index (χ0v) is 18.1. The number of hydrogen-bond donors (Lipinski definition) is 0. The van der Waals surface area contributed by atoms with Crippen molar-refractivity contribution in [3.63, 3.8) is 0 Å². The number of carbonyl (C=O) groups is 2. The van der Waals surface area contributed by atoms with Crippen molar-refractivity contribution in [1.29, 1.82) is 0 Å². The van der Waals surface area contributed by atoms with E-state index in [-0.39, 0.29) is 11.9 Å². The molecule has 29 heavy (non-hydrogen) atoms. The fourth-order valence-corrected chi connectivity index (χ4v) is 2.99. The van der Waals surface area contributed by atoms with Crippen LogP contribution < -0.4 is 0 Å². The van der Waals surface area contributed by atoms with Gasteiger partial charge >= 0.3 is 11.9 Å². The van der Waals surface area contributed by atoms with Crippen LogP contribution in [0.1, 0.15) is 89.5 Å². The van der Waals surface area contributed by atoms with Crippen LogP contribution >= 0.6 is 0 Å². The number of esters is 2. The molecule has 0 amide bonds. The summed E-state index contributed by atoms with van der Waals surface area (Å²) in [5.41, 5.74) is 1.10. The van der Waals surface area contributed by atoms with Gasteiger partial charge in [0.25, 0.3) is 0 Å². The first-order valence-corrected chi connectivity index (χ1v) is 11.2. The summed E-state index contributed by atoms with van der Waals surface area (Å²) in [6.07, 6.45) is 15.3. The van der Waals surface area contributed by atoms with Gasteiger partial charge in [-0.25, -0.2) is 0 Å². The highest BCUT2D eigenvalue weighted by Crippen LogP contribution is 2.10. The van der Waals surface area contributed by atoms with Crippen LogP contribution in [0.5, 0.6) is 0 Å². The highest BCUT2D eigenvalue weighted by Gasteiger charge is 2.03. The van der Waals surface area contributed by atoms with Gasteiger partial charge < -0.3 is 9.47 Å². The quantitative estimate of drug-likeness (QED) is 0.221. The van der Waals surface area contributed by atoms with Gasteiger partial charge in [0, 0.05) is 12.8 Å². The molecule has 0 radical (unpaired) electrons. The summed E-state index contributed by atoms with van der Waals surface area (Å²) >= 11 is 0. The van der Waals surface area contributed by atoms with E-state index in [4.69, 9.17) is 9.47 Å². The summed E-state index contributed by atoms with van der Waals surface area (Å²) in [4.78, 5) is 23.3.